The van der Waals surface area contributed by atoms with Gasteiger partial charge in [-0.05, 0) is 42.5 Å². The van der Waals surface area contributed by atoms with Gasteiger partial charge in [-0.15, -0.1) is 0 Å². The molecule has 0 aromatic heterocycles. The van der Waals surface area contributed by atoms with Gasteiger partial charge in [0.15, 0.2) is 0 Å². The van der Waals surface area contributed by atoms with E-state index in [1.165, 1.54) is 36.0 Å². The number of carbonyl (C=O) groups excluding carboxylic acids is 3. The number of carbonyl (C=O) groups is 6. The molecule has 0 aliphatic rings. The number of aliphatic carboxylic acids is 3. The van der Waals surface area contributed by atoms with Crippen molar-refractivity contribution < 1.29 is 49.2 Å². The van der Waals surface area contributed by atoms with Gasteiger partial charge < -0.3 is 42.1 Å². The molecule has 0 bridgehead atoms. The van der Waals surface area contributed by atoms with Crippen LogP contribution in [0.15, 0.2) is 24.3 Å². The van der Waals surface area contributed by atoms with Gasteiger partial charge in [0.2, 0.25) is 17.7 Å². The van der Waals surface area contributed by atoms with Crippen molar-refractivity contribution in [3.8, 4) is 5.75 Å². The molecular formula is C23H32N4O10S. The fourth-order valence-electron chi connectivity index (χ4n) is 3.21. The number of nitrogens with one attached hydrogen (secondary N) is 3. The number of amides is 3. The molecule has 1 aromatic carbocycles. The lowest BCUT2D eigenvalue weighted by atomic mass is 10.0. The Morgan fingerprint density at radius 3 is 1.84 bits per heavy atom. The predicted molar refractivity (Wildman–Crippen MR) is 135 cm³/mol. The third kappa shape index (κ3) is 11.9. The highest BCUT2D eigenvalue weighted by Crippen LogP contribution is 2.12. The lowest BCUT2D eigenvalue weighted by molar-refractivity contribution is -0.143. The van der Waals surface area contributed by atoms with Crippen LogP contribution < -0.4 is 21.7 Å². The molecule has 3 amide bonds. The molecule has 15 heteroatoms. The van der Waals surface area contributed by atoms with E-state index in [0.717, 1.165) is 0 Å². The number of phenols is 1. The second-order valence-corrected chi connectivity index (χ2v) is 9.30. The summed E-state index contributed by atoms with van der Waals surface area (Å²) < 4.78 is 0. The quantitative estimate of drug-likeness (QED) is 0.114. The Hall–Kier alpha value is -3.85. The van der Waals surface area contributed by atoms with Gasteiger partial charge in [-0.3, -0.25) is 24.0 Å². The molecule has 0 saturated carbocycles. The van der Waals surface area contributed by atoms with Crippen LogP contribution in [-0.4, -0.2) is 92.2 Å². The number of carboxylic acids is 3. The summed E-state index contributed by atoms with van der Waals surface area (Å²) in [5.41, 5.74) is 6.04. The molecule has 14 nitrogen and oxygen atoms in total. The molecule has 4 unspecified atom stereocenters. The Morgan fingerprint density at radius 1 is 0.816 bits per heavy atom. The normalized spacial score (nSPS) is 13.8. The Labute approximate surface area is 222 Å². The summed E-state index contributed by atoms with van der Waals surface area (Å²) in [6.45, 7) is 0. The summed E-state index contributed by atoms with van der Waals surface area (Å²) in [6.07, 6.45) is 0.0962. The number of hydrogen-bond donors (Lipinski definition) is 8. The standard InChI is InChI=1S/C23H32N4O10S/c1-38-9-8-16(25-20(33)14(24)11-19(31)32)22(35)26-15(6-7-18(29)30)21(34)27-17(23(36)37)10-12-2-4-13(28)5-3-12/h2-5,14-17,28H,6-11,24H2,1H3,(H,25,33)(H,26,35)(H,27,34)(H,29,30)(H,31,32)(H,36,37). The Kier molecular flexibility index (Phi) is 13.6. The maximum Gasteiger partial charge on any atom is 0.326 e. The van der Waals surface area contributed by atoms with Crippen LogP contribution in [0.2, 0.25) is 0 Å². The molecule has 38 heavy (non-hydrogen) atoms. The monoisotopic (exact) mass is 556 g/mol. The number of benzene rings is 1. The average Bonchev–Trinajstić information content (AvgIpc) is 2.84. The van der Waals surface area contributed by atoms with E-state index in [0.29, 0.717) is 11.3 Å². The van der Waals surface area contributed by atoms with Gasteiger partial charge in [-0.2, -0.15) is 11.8 Å². The molecule has 0 radical (unpaired) electrons. The Morgan fingerprint density at radius 2 is 1.34 bits per heavy atom. The number of hydrogen-bond acceptors (Lipinski definition) is 9. The zero-order chi connectivity index (χ0) is 28.8. The molecule has 0 saturated heterocycles. The van der Waals surface area contributed by atoms with Crippen molar-refractivity contribution in [2.24, 2.45) is 5.73 Å². The van der Waals surface area contributed by atoms with Crippen molar-refractivity contribution in [2.75, 3.05) is 12.0 Å². The minimum Gasteiger partial charge on any atom is -0.508 e. The minimum atomic E-state index is -1.46. The van der Waals surface area contributed by atoms with Gasteiger partial charge in [0.05, 0.1) is 12.5 Å². The number of nitrogens with two attached hydrogens (primary N) is 1. The van der Waals surface area contributed by atoms with Crippen molar-refractivity contribution in [3.05, 3.63) is 29.8 Å². The number of carboxylic acid groups (broad SMARTS) is 3. The average molecular weight is 557 g/mol. The number of thioether (sulfide) groups is 1. The molecule has 0 spiro atoms. The molecule has 210 valence electrons. The molecule has 0 heterocycles. The first-order valence-electron chi connectivity index (χ1n) is 11.4. The van der Waals surface area contributed by atoms with E-state index in [-0.39, 0.29) is 25.0 Å². The second-order valence-electron chi connectivity index (χ2n) is 8.31. The molecule has 4 atom stereocenters. The van der Waals surface area contributed by atoms with Gasteiger partial charge in [0.1, 0.15) is 23.9 Å². The zero-order valence-electron chi connectivity index (χ0n) is 20.6. The first-order valence-corrected chi connectivity index (χ1v) is 12.8. The molecule has 9 N–H and O–H groups in total. The number of phenolic OH excluding ortho intramolecular Hbond substituents is 1. The van der Waals surface area contributed by atoms with Crippen molar-refractivity contribution in [2.45, 2.75) is 56.3 Å². The van der Waals surface area contributed by atoms with Crippen LogP contribution in [-0.2, 0) is 35.2 Å². The van der Waals surface area contributed by atoms with E-state index >= 15 is 0 Å². The minimum absolute atomic E-state index is 0.0341. The van der Waals surface area contributed by atoms with Crippen LogP contribution in [0.3, 0.4) is 0 Å². The van der Waals surface area contributed by atoms with E-state index < -0.39 is 72.6 Å². The highest BCUT2D eigenvalue weighted by molar-refractivity contribution is 7.98. The molecule has 0 aliphatic carbocycles. The molecule has 0 aliphatic heterocycles. The van der Waals surface area contributed by atoms with Crippen molar-refractivity contribution in [3.63, 3.8) is 0 Å². The fraction of sp³-hybridized carbons (Fsp3) is 0.478. The van der Waals surface area contributed by atoms with E-state index in [9.17, 15) is 39.0 Å². The van der Waals surface area contributed by atoms with Crippen molar-refractivity contribution >= 4 is 47.4 Å². The topological polar surface area (TPSA) is 245 Å². The first-order chi connectivity index (χ1) is 17.8. The molecular weight excluding hydrogens is 524 g/mol. The van der Waals surface area contributed by atoms with Crippen LogP contribution in [0.5, 0.6) is 5.75 Å². The molecule has 0 fully saturated rings. The smallest absolute Gasteiger partial charge is 0.326 e. The van der Waals surface area contributed by atoms with Crippen molar-refractivity contribution in [1.29, 1.82) is 0 Å². The largest absolute Gasteiger partial charge is 0.508 e. The van der Waals surface area contributed by atoms with Crippen LogP contribution >= 0.6 is 11.8 Å². The van der Waals surface area contributed by atoms with Crippen LogP contribution in [0, 0.1) is 0 Å². The fourth-order valence-corrected chi connectivity index (χ4v) is 3.68. The summed E-state index contributed by atoms with van der Waals surface area (Å²) in [6, 6.07) is 0.0829. The summed E-state index contributed by atoms with van der Waals surface area (Å²) in [4.78, 5) is 71.9. The van der Waals surface area contributed by atoms with E-state index in [2.05, 4.69) is 16.0 Å². The summed E-state index contributed by atoms with van der Waals surface area (Å²) in [5.74, 6) is -6.31. The lowest BCUT2D eigenvalue weighted by Gasteiger charge is -2.25. The highest BCUT2D eigenvalue weighted by atomic mass is 32.2. The van der Waals surface area contributed by atoms with Crippen LogP contribution in [0.25, 0.3) is 0 Å². The summed E-state index contributed by atoms with van der Waals surface area (Å²) in [7, 11) is 0. The zero-order valence-corrected chi connectivity index (χ0v) is 21.4. The third-order valence-electron chi connectivity index (χ3n) is 5.25. The maximum atomic E-state index is 13.0. The van der Waals surface area contributed by atoms with Crippen LogP contribution in [0.1, 0.15) is 31.2 Å². The summed E-state index contributed by atoms with van der Waals surface area (Å²) >= 11 is 1.35. The number of aromatic hydroxyl groups is 1. The van der Waals surface area contributed by atoms with Gasteiger partial charge in [-0.1, -0.05) is 12.1 Å². The molecule has 1 aromatic rings. The first kappa shape index (κ1) is 32.2. The Balaban J connectivity index is 3.04. The summed E-state index contributed by atoms with van der Waals surface area (Å²) in [5, 5.41) is 43.8. The van der Waals surface area contributed by atoms with Crippen LogP contribution in [0.4, 0.5) is 0 Å². The second kappa shape index (κ2) is 16.1. The van der Waals surface area contributed by atoms with E-state index in [1.54, 1.807) is 6.26 Å². The van der Waals surface area contributed by atoms with Gasteiger partial charge in [0, 0.05) is 12.8 Å². The Bertz CT molecular complexity index is 1000. The van der Waals surface area contributed by atoms with E-state index in [4.69, 9.17) is 15.9 Å². The molecule has 1 rings (SSSR count). The predicted octanol–water partition coefficient (Wildman–Crippen LogP) is -1.11. The van der Waals surface area contributed by atoms with E-state index in [1.807, 2.05) is 0 Å². The van der Waals surface area contributed by atoms with Gasteiger partial charge in [-0.25, -0.2) is 4.79 Å². The highest BCUT2D eigenvalue weighted by Gasteiger charge is 2.31. The maximum absolute atomic E-state index is 13.0. The van der Waals surface area contributed by atoms with Crippen molar-refractivity contribution in [1.82, 2.24) is 16.0 Å². The number of rotatable bonds is 17. The SMILES string of the molecule is CSCCC(NC(=O)C(N)CC(=O)O)C(=O)NC(CCC(=O)O)C(=O)NC(Cc1ccc(O)cc1)C(=O)O. The lowest BCUT2D eigenvalue weighted by Crippen LogP contribution is -2.57. The third-order valence-corrected chi connectivity index (χ3v) is 5.89. The van der Waals surface area contributed by atoms with Gasteiger partial charge in [0.25, 0.3) is 0 Å². The van der Waals surface area contributed by atoms with Gasteiger partial charge >= 0.3 is 17.9 Å².